The van der Waals surface area contributed by atoms with Crippen molar-refractivity contribution >= 4 is 23.1 Å². The Kier molecular flexibility index (Phi) is 4.13. The molecule has 0 aliphatic heterocycles. The molecule has 0 heterocycles. The van der Waals surface area contributed by atoms with Crippen molar-refractivity contribution in [1.82, 2.24) is 0 Å². The fourth-order valence-corrected chi connectivity index (χ4v) is 1.25. The molecule has 2 nitrogen and oxygen atoms in total. The maximum Gasteiger partial charge on any atom is 0.0965 e. The summed E-state index contributed by atoms with van der Waals surface area (Å²) >= 11 is 5.80. The number of allylic oxidation sites excluding steroid dienone is 2. The minimum Gasteiger partial charge on any atom is -0.387 e. The second kappa shape index (κ2) is 5.37. The third-order valence-electron chi connectivity index (χ3n) is 1.71. The van der Waals surface area contributed by atoms with Gasteiger partial charge in [-0.2, -0.15) is 0 Å². The van der Waals surface area contributed by atoms with E-state index in [1.54, 1.807) is 19.1 Å². The van der Waals surface area contributed by atoms with Crippen LogP contribution in [0.2, 0.25) is 5.02 Å². The molecule has 0 saturated heterocycles. The second-order valence-electron chi connectivity index (χ2n) is 3.05. The van der Waals surface area contributed by atoms with Gasteiger partial charge in [-0.15, -0.1) is 0 Å². The minimum atomic E-state index is 0.512. The average molecular weight is 221 g/mol. The summed E-state index contributed by atoms with van der Waals surface area (Å²) in [5, 5.41) is 0.699. The van der Waals surface area contributed by atoms with Crippen LogP contribution in [0.1, 0.15) is 12.5 Å². The number of rotatable bonds is 3. The van der Waals surface area contributed by atoms with E-state index in [1.165, 1.54) is 0 Å². The van der Waals surface area contributed by atoms with Crippen molar-refractivity contribution in [2.75, 3.05) is 0 Å². The van der Waals surface area contributed by atoms with Gasteiger partial charge in [0.2, 0.25) is 0 Å². The van der Waals surface area contributed by atoms with Crippen LogP contribution < -0.4 is 5.73 Å². The van der Waals surface area contributed by atoms with E-state index in [0.29, 0.717) is 10.9 Å². The van der Waals surface area contributed by atoms with E-state index in [9.17, 15) is 0 Å². The first kappa shape index (κ1) is 11.5. The Morgan fingerprint density at radius 2 is 2.00 bits per heavy atom. The molecule has 2 N–H and O–H groups in total. The van der Waals surface area contributed by atoms with E-state index in [1.807, 2.05) is 24.3 Å². The number of aliphatic imine (C=N–C) groups is 1. The summed E-state index contributed by atoms with van der Waals surface area (Å²) in [4.78, 5) is 4.21. The lowest BCUT2D eigenvalue weighted by molar-refractivity contribution is 1.45. The molecule has 0 bridgehead atoms. The van der Waals surface area contributed by atoms with Crippen LogP contribution in [0, 0.1) is 0 Å². The van der Waals surface area contributed by atoms with Crippen LogP contribution in [0.3, 0.4) is 0 Å². The summed E-state index contributed by atoms with van der Waals surface area (Å²) in [6, 6.07) is 7.42. The van der Waals surface area contributed by atoms with Gasteiger partial charge in [-0.3, -0.25) is 0 Å². The predicted molar refractivity (Wildman–Crippen MR) is 66.9 cm³/mol. The molecule has 0 spiro atoms. The number of benzene rings is 1. The SMILES string of the molecule is C=C/C=C(\N=C(C)N)c1ccc(Cl)cc1. The van der Waals surface area contributed by atoms with Gasteiger partial charge in [0.1, 0.15) is 0 Å². The number of hydrogen-bond acceptors (Lipinski definition) is 1. The summed E-state index contributed by atoms with van der Waals surface area (Å²) in [6.07, 6.45) is 3.48. The van der Waals surface area contributed by atoms with Crippen LogP contribution >= 0.6 is 11.6 Å². The van der Waals surface area contributed by atoms with Crippen molar-refractivity contribution in [3.8, 4) is 0 Å². The lowest BCUT2D eigenvalue weighted by Gasteiger charge is -2.02. The molecule has 1 aromatic carbocycles. The lowest BCUT2D eigenvalue weighted by Crippen LogP contribution is -2.05. The minimum absolute atomic E-state index is 0.512. The molecule has 78 valence electrons. The molecule has 0 aliphatic rings. The van der Waals surface area contributed by atoms with E-state index in [-0.39, 0.29) is 0 Å². The quantitative estimate of drug-likeness (QED) is 0.474. The molecule has 15 heavy (non-hydrogen) atoms. The van der Waals surface area contributed by atoms with Gasteiger partial charge in [-0.05, 0) is 25.1 Å². The molecule has 0 amide bonds. The van der Waals surface area contributed by atoms with Crippen LogP contribution in [0.5, 0.6) is 0 Å². The molecule has 3 heteroatoms. The van der Waals surface area contributed by atoms with Crippen molar-refractivity contribution in [3.63, 3.8) is 0 Å². The highest BCUT2D eigenvalue weighted by atomic mass is 35.5. The van der Waals surface area contributed by atoms with Gasteiger partial charge >= 0.3 is 0 Å². The first-order chi connectivity index (χ1) is 7.13. The Bertz CT molecular complexity index is 398. The van der Waals surface area contributed by atoms with E-state index < -0.39 is 0 Å². The third kappa shape index (κ3) is 3.60. The smallest absolute Gasteiger partial charge is 0.0965 e. The monoisotopic (exact) mass is 220 g/mol. The number of nitrogens with zero attached hydrogens (tertiary/aromatic N) is 1. The standard InChI is InChI=1S/C12H13ClN2/c1-3-4-12(15-9(2)14)10-5-7-11(13)8-6-10/h3-8H,1H2,2H3,(H2,14,15)/b12-4-. The molecule has 0 atom stereocenters. The highest BCUT2D eigenvalue weighted by Gasteiger charge is 1.98. The number of nitrogens with two attached hydrogens (primary N) is 1. The zero-order valence-electron chi connectivity index (χ0n) is 8.57. The van der Waals surface area contributed by atoms with Crippen LogP contribution in [-0.4, -0.2) is 5.84 Å². The Morgan fingerprint density at radius 3 is 2.47 bits per heavy atom. The second-order valence-corrected chi connectivity index (χ2v) is 3.48. The number of hydrogen-bond donors (Lipinski definition) is 1. The first-order valence-electron chi connectivity index (χ1n) is 4.53. The maximum atomic E-state index is 5.80. The average Bonchev–Trinajstić information content (AvgIpc) is 2.17. The number of amidine groups is 1. The number of halogens is 1. The molecule has 0 fully saturated rings. The molecule has 1 aromatic rings. The van der Waals surface area contributed by atoms with E-state index in [2.05, 4.69) is 11.6 Å². The highest BCUT2D eigenvalue weighted by molar-refractivity contribution is 6.30. The van der Waals surface area contributed by atoms with Crippen molar-refractivity contribution in [1.29, 1.82) is 0 Å². The molecule has 0 unspecified atom stereocenters. The summed E-state index contributed by atoms with van der Waals surface area (Å²) in [5.74, 6) is 0.512. The Hall–Kier alpha value is -1.54. The van der Waals surface area contributed by atoms with Gasteiger partial charge in [0.05, 0.1) is 11.5 Å². The zero-order valence-corrected chi connectivity index (χ0v) is 9.33. The van der Waals surface area contributed by atoms with Gasteiger partial charge < -0.3 is 5.73 Å². The molecule has 1 rings (SSSR count). The summed E-state index contributed by atoms with van der Waals surface area (Å²) in [6.45, 7) is 5.38. The van der Waals surface area contributed by atoms with Crippen LogP contribution in [0.25, 0.3) is 5.70 Å². The highest BCUT2D eigenvalue weighted by Crippen LogP contribution is 2.18. The Morgan fingerprint density at radius 1 is 1.40 bits per heavy atom. The van der Waals surface area contributed by atoms with Crippen molar-refractivity contribution in [3.05, 3.63) is 53.6 Å². The molecule has 0 aromatic heterocycles. The Labute approximate surface area is 94.8 Å². The molecule has 0 radical (unpaired) electrons. The summed E-state index contributed by atoms with van der Waals surface area (Å²) in [7, 11) is 0. The molecular weight excluding hydrogens is 208 g/mol. The van der Waals surface area contributed by atoms with Gasteiger partial charge in [0.15, 0.2) is 0 Å². The van der Waals surface area contributed by atoms with Gasteiger partial charge in [0.25, 0.3) is 0 Å². The normalized spacial score (nSPS) is 12.7. The fourth-order valence-electron chi connectivity index (χ4n) is 1.12. The molecule has 0 aliphatic carbocycles. The van der Waals surface area contributed by atoms with Crippen LogP contribution in [0.4, 0.5) is 0 Å². The predicted octanol–water partition coefficient (Wildman–Crippen LogP) is 3.24. The van der Waals surface area contributed by atoms with Gasteiger partial charge in [-0.1, -0.05) is 36.4 Å². The van der Waals surface area contributed by atoms with Crippen molar-refractivity contribution < 1.29 is 0 Å². The lowest BCUT2D eigenvalue weighted by atomic mass is 10.1. The zero-order chi connectivity index (χ0) is 11.3. The first-order valence-corrected chi connectivity index (χ1v) is 4.90. The van der Waals surface area contributed by atoms with Gasteiger partial charge in [-0.25, -0.2) is 4.99 Å². The van der Waals surface area contributed by atoms with E-state index in [4.69, 9.17) is 17.3 Å². The third-order valence-corrected chi connectivity index (χ3v) is 1.96. The van der Waals surface area contributed by atoms with E-state index >= 15 is 0 Å². The van der Waals surface area contributed by atoms with Crippen molar-refractivity contribution in [2.45, 2.75) is 6.92 Å². The molecular formula is C12H13ClN2. The van der Waals surface area contributed by atoms with Crippen molar-refractivity contribution in [2.24, 2.45) is 10.7 Å². The largest absolute Gasteiger partial charge is 0.387 e. The Balaban J connectivity index is 3.11. The summed E-state index contributed by atoms with van der Waals surface area (Å²) in [5.41, 5.74) is 7.28. The maximum absolute atomic E-state index is 5.80. The topological polar surface area (TPSA) is 38.4 Å². The van der Waals surface area contributed by atoms with E-state index in [0.717, 1.165) is 11.3 Å². The fraction of sp³-hybridized carbons (Fsp3) is 0.0833. The molecule has 0 saturated carbocycles. The van der Waals surface area contributed by atoms with Gasteiger partial charge in [0, 0.05) is 10.6 Å². The van der Waals surface area contributed by atoms with Crippen LogP contribution in [0.15, 0.2) is 48.0 Å². The van der Waals surface area contributed by atoms with Crippen LogP contribution in [-0.2, 0) is 0 Å². The summed E-state index contributed by atoms with van der Waals surface area (Å²) < 4.78 is 0.